The van der Waals surface area contributed by atoms with Crippen molar-refractivity contribution in [1.82, 2.24) is 9.78 Å². The number of aryl methyl sites for hydroxylation is 2. The average molecular weight is 316 g/mol. The van der Waals surface area contributed by atoms with E-state index in [0.717, 1.165) is 18.7 Å². The molecule has 3 heteroatoms. The summed E-state index contributed by atoms with van der Waals surface area (Å²) in [5.41, 5.74) is 6.71. The molecule has 0 atom stereocenters. The Morgan fingerprint density at radius 2 is 1.78 bits per heavy atom. The van der Waals surface area contributed by atoms with E-state index in [1.807, 2.05) is 0 Å². The number of nitrogens with two attached hydrogens (primary N) is 1. The first kappa shape index (κ1) is 21.0. The van der Waals surface area contributed by atoms with Crippen LogP contribution in [-0.4, -0.2) is 9.78 Å². The van der Waals surface area contributed by atoms with Crippen LogP contribution in [0.3, 0.4) is 0 Å². The molecule has 0 unspecified atom stereocenters. The molecule has 1 heterocycles. The van der Waals surface area contributed by atoms with Gasteiger partial charge in [0.05, 0.1) is 11.0 Å². The fraction of sp³-hybridized carbons (Fsp3) is 0.550. The molecular formula is C20H33N3. The smallest absolute Gasteiger partial charge is 0.0669 e. The third-order valence-electron chi connectivity index (χ3n) is 3.47. The van der Waals surface area contributed by atoms with Crippen LogP contribution in [0.15, 0.2) is 12.3 Å². The lowest BCUT2D eigenvalue weighted by Gasteiger charge is -2.02. The zero-order valence-corrected chi connectivity index (χ0v) is 15.4. The highest BCUT2D eigenvalue weighted by Gasteiger charge is 2.01. The molecule has 3 nitrogen and oxygen atoms in total. The number of terminal acetylenes is 1. The van der Waals surface area contributed by atoms with Crippen molar-refractivity contribution in [1.29, 1.82) is 0 Å². The van der Waals surface area contributed by atoms with E-state index in [2.05, 4.69) is 55.2 Å². The molecule has 0 aliphatic heterocycles. The lowest BCUT2D eigenvalue weighted by atomic mass is 10.1. The number of hydrogen-bond acceptors (Lipinski definition) is 2. The maximum atomic E-state index is 5.24. The highest BCUT2D eigenvalue weighted by atomic mass is 15.3. The van der Waals surface area contributed by atoms with Gasteiger partial charge in [-0.15, -0.1) is 12.3 Å². The van der Waals surface area contributed by atoms with Gasteiger partial charge in [-0.05, 0) is 46.2 Å². The summed E-state index contributed by atoms with van der Waals surface area (Å²) in [6, 6.07) is 0. The normalized spacial score (nSPS) is 11.8. The third-order valence-corrected chi connectivity index (χ3v) is 3.47. The molecule has 0 amide bonds. The highest BCUT2D eigenvalue weighted by molar-refractivity contribution is 5.28. The molecule has 0 aromatic carbocycles. The van der Waals surface area contributed by atoms with Crippen molar-refractivity contribution in [3.05, 3.63) is 28.5 Å². The molecule has 0 radical (unpaired) electrons. The van der Waals surface area contributed by atoms with Crippen LogP contribution in [0, 0.1) is 19.3 Å². The van der Waals surface area contributed by atoms with Gasteiger partial charge in [-0.25, -0.2) is 0 Å². The van der Waals surface area contributed by atoms with Crippen molar-refractivity contribution >= 4 is 12.2 Å². The number of allylic oxidation sites excluding steroid dienone is 1. The molecule has 0 spiro atoms. The van der Waals surface area contributed by atoms with E-state index in [1.54, 1.807) is 6.92 Å². The van der Waals surface area contributed by atoms with Gasteiger partial charge in [0.15, 0.2) is 0 Å². The predicted octanol–water partition coefficient (Wildman–Crippen LogP) is 3.24. The van der Waals surface area contributed by atoms with Crippen LogP contribution in [0.5, 0.6) is 0 Å². The third kappa shape index (κ3) is 8.93. The Balaban J connectivity index is 0.00000108. The second kappa shape index (κ2) is 12.6. The average Bonchev–Trinajstić information content (AvgIpc) is 2.80. The first-order valence-corrected chi connectivity index (χ1v) is 8.48. The predicted molar refractivity (Wildman–Crippen MR) is 102 cm³/mol. The molecule has 128 valence electrons. The summed E-state index contributed by atoms with van der Waals surface area (Å²) >= 11 is 0. The highest BCUT2D eigenvalue weighted by Crippen LogP contribution is 2.05. The minimum absolute atomic E-state index is 0.667. The van der Waals surface area contributed by atoms with Gasteiger partial charge >= 0.3 is 0 Å². The zero-order valence-electron chi connectivity index (χ0n) is 15.4. The molecule has 1 aromatic rings. The van der Waals surface area contributed by atoms with Gasteiger partial charge in [-0.1, -0.05) is 38.0 Å². The number of hydrogen-bond donors (Lipinski definition) is 1. The topological polar surface area (TPSA) is 43.8 Å². The molecule has 1 aromatic heterocycles. The van der Waals surface area contributed by atoms with E-state index in [1.165, 1.54) is 42.7 Å². The van der Waals surface area contributed by atoms with Gasteiger partial charge in [0.25, 0.3) is 0 Å². The minimum Gasteiger partial charge on any atom is -0.403 e. The molecular weight excluding hydrogens is 282 g/mol. The van der Waals surface area contributed by atoms with Crippen LogP contribution in [0.1, 0.15) is 65.0 Å². The number of aromatic nitrogens is 2. The summed E-state index contributed by atoms with van der Waals surface area (Å²) in [5.74, 6) is 2.69. The second-order valence-electron chi connectivity index (χ2n) is 5.75. The summed E-state index contributed by atoms with van der Waals surface area (Å²) in [7, 11) is 0. The first-order chi connectivity index (χ1) is 11.0. The molecule has 0 aliphatic carbocycles. The maximum Gasteiger partial charge on any atom is 0.0669 e. The lowest BCUT2D eigenvalue weighted by molar-refractivity contribution is 0.520. The summed E-state index contributed by atoms with van der Waals surface area (Å²) in [4.78, 5) is 0. The number of rotatable bonds is 7. The van der Waals surface area contributed by atoms with Crippen molar-refractivity contribution in [2.45, 2.75) is 72.8 Å². The van der Waals surface area contributed by atoms with Gasteiger partial charge in [-0.3, -0.25) is 4.68 Å². The first-order valence-electron chi connectivity index (χ1n) is 8.48. The van der Waals surface area contributed by atoms with Crippen LogP contribution < -0.4 is 16.3 Å². The summed E-state index contributed by atoms with van der Waals surface area (Å²) in [6.07, 6.45) is 16.6. The molecule has 0 aliphatic rings. The molecule has 0 saturated carbocycles. The van der Waals surface area contributed by atoms with E-state index < -0.39 is 0 Å². The Labute approximate surface area is 142 Å². The maximum absolute atomic E-state index is 5.24. The monoisotopic (exact) mass is 315 g/mol. The summed E-state index contributed by atoms with van der Waals surface area (Å²) in [6.45, 7) is 12.3. The van der Waals surface area contributed by atoms with Crippen molar-refractivity contribution < 1.29 is 0 Å². The van der Waals surface area contributed by atoms with Crippen LogP contribution in [0.25, 0.3) is 12.2 Å². The minimum atomic E-state index is 0.667. The van der Waals surface area contributed by atoms with E-state index in [-0.39, 0.29) is 0 Å². The van der Waals surface area contributed by atoms with Crippen LogP contribution >= 0.6 is 0 Å². The SMILES string of the molecule is C#CCCCCCCCn1nc(C)c(=C/C)/c1=C\C.C=C(C)N. The molecule has 0 saturated heterocycles. The van der Waals surface area contributed by atoms with Crippen molar-refractivity contribution in [3.63, 3.8) is 0 Å². The lowest BCUT2D eigenvalue weighted by Crippen LogP contribution is -2.29. The van der Waals surface area contributed by atoms with Crippen LogP contribution in [0.4, 0.5) is 0 Å². The quantitative estimate of drug-likeness (QED) is 0.620. The summed E-state index contributed by atoms with van der Waals surface area (Å²) < 4.78 is 2.14. The summed E-state index contributed by atoms with van der Waals surface area (Å²) in [5, 5.41) is 7.16. The van der Waals surface area contributed by atoms with E-state index in [9.17, 15) is 0 Å². The Hall–Kier alpha value is -1.95. The van der Waals surface area contributed by atoms with E-state index in [0.29, 0.717) is 5.70 Å². The largest absolute Gasteiger partial charge is 0.403 e. The Bertz CT molecular complexity index is 611. The van der Waals surface area contributed by atoms with Gasteiger partial charge in [0, 0.05) is 18.2 Å². The van der Waals surface area contributed by atoms with E-state index >= 15 is 0 Å². The Morgan fingerprint density at radius 3 is 2.30 bits per heavy atom. The van der Waals surface area contributed by atoms with E-state index in [4.69, 9.17) is 12.2 Å². The second-order valence-corrected chi connectivity index (χ2v) is 5.75. The molecule has 0 bridgehead atoms. The number of nitrogens with zero attached hydrogens (tertiary/aromatic N) is 2. The van der Waals surface area contributed by atoms with Gasteiger partial charge in [0.1, 0.15) is 0 Å². The number of unbranched alkanes of at least 4 members (excludes halogenated alkanes) is 5. The van der Waals surface area contributed by atoms with Crippen LogP contribution in [0.2, 0.25) is 0 Å². The Kier molecular flexibility index (Phi) is 11.5. The molecule has 0 fully saturated rings. The fourth-order valence-electron chi connectivity index (χ4n) is 2.46. The fourth-order valence-corrected chi connectivity index (χ4v) is 2.46. The van der Waals surface area contributed by atoms with Gasteiger partial charge < -0.3 is 5.73 Å². The van der Waals surface area contributed by atoms with Gasteiger partial charge in [-0.2, -0.15) is 5.10 Å². The molecule has 1 rings (SSSR count). The van der Waals surface area contributed by atoms with Crippen molar-refractivity contribution in [3.8, 4) is 12.3 Å². The molecule has 2 N–H and O–H groups in total. The van der Waals surface area contributed by atoms with Crippen molar-refractivity contribution in [2.24, 2.45) is 5.73 Å². The zero-order chi connectivity index (χ0) is 17.7. The van der Waals surface area contributed by atoms with Crippen LogP contribution in [-0.2, 0) is 6.54 Å². The Morgan fingerprint density at radius 1 is 1.22 bits per heavy atom. The van der Waals surface area contributed by atoms with Gasteiger partial charge in [0.2, 0.25) is 0 Å². The van der Waals surface area contributed by atoms with Crippen molar-refractivity contribution in [2.75, 3.05) is 0 Å². The molecule has 23 heavy (non-hydrogen) atoms. The standard InChI is InChI=1S/C17H26N2.C3H7N/c1-5-8-9-10-11-12-13-14-19-17(7-3)16(6-2)15(4)18-19;1-3(2)4/h1,6-7H,8-14H2,2-4H3;1,4H2,2H3/b16-6-,17-7+;.